The van der Waals surface area contributed by atoms with Gasteiger partial charge in [-0.2, -0.15) is 0 Å². The number of ether oxygens (including phenoxy) is 1. The average molecular weight is 282 g/mol. The van der Waals surface area contributed by atoms with E-state index < -0.39 is 11.7 Å². The normalized spacial score (nSPS) is 11.4. The Kier molecular flexibility index (Phi) is 5.51. The number of aryl methyl sites for hydroxylation is 1. The standard InChI is InChI=1S/C15H23FN2O2/c1-10-7-11(17)8-12(13(10)16)14(19)18-9-15(2,3)5-6-20-4/h7-8H,5-6,9,17H2,1-4H3,(H,18,19). The second-order valence-corrected chi connectivity index (χ2v) is 5.79. The topological polar surface area (TPSA) is 64.3 Å². The number of benzene rings is 1. The molecule has 1 rings (SSSR count). The molecule has 20 heavy (non-hydrogen) atoms. The number of nitrogens with two attached hydrogens (primary N) is 1. The third-order valence-electron chi connectivity index (χ3n) is 3.23. The van der Waals surface area contributed by atoms with Crippen LogP contribution < -0.4 is 11.1 Å². The van der Waals surface area contributed by atoms with Gasteiger partial charge >= 0.3 is 0 Å². The Balaban J connectivity index is 2.73. The molecule has 112 valence electrons. The lowest BCUT2D eigenvalue weighted by atomic mass is 9.89. The predicted molar refractivity (Wildman–Crippen MR) is 78.2 cm³/mol. The zero-order chi connectivity index (χ0) is 15.3. The van der Waals surface area contributed by atoms with Crippen LogP contribution in [0.1, 0.15) is 36.2 Å². The van der Waals surface area contributed by atoms with Gasteiger partial charge in [0.2, 0.25) is 0 Å². The molecule has 4 nitrogen and oxygen atoms in total. The van der Waals surface area contributed by atoms with Crippen molar-refractivity contribution < 1.29 is 13.9 Å². The van der Waals surface area contributed by atoms with Crippen LogP contribution in [-0.2, 0) is 4.74 Å². The van der Waals surface area contributed by atoms with Crippen molar-refractivity contribution >= 4 is 11.6 Å². The molecular weight excluding hydrogens is 259 g/mol. The molecule has 3 N–H and O–H groups in total. The second-order valence-electron chi connectivity index (χ2n) is 5.79. The number of hydrogen-bond acceptors (Lipinski definition) is 3. The van der Waals surface area contributed by atoms with Gasteiger partial charge in [0.1, 0.15) is 5.82 Å². The average Bonchev–Trinajstić information content (AvgIpc) is 2.38. The number of methoxy groups -OCH3 is 1. The fourth-order valence-electron chi connectivity index (χ4n) is 1.84. The van der Waals surface area contributed by atoms with Crippen molar-refractivity contribution in [2.75, 3.05) is 26.0 Å². The molecule has 0 bridgehead atoms. The quantitative estimate of drug-likeness (QED) is 0.788. The summed E-state index contributed by atoms with van der Waals surface area (Å²) in [5, 5.41) is 2.75. The summed E-state index contributed by atoms with van der Waals surface area (Å²) in [5.41, 5.74) is 6.28. The third kappa shape index (κ3) is 4.49. The predicted octanol–water partition coefficient (Wildman–Crippen LogP) is 2.51. The number of hydrogen-bond donors (Lipinski definition) is 2. The molecule has 1 aromatic carbocycles. The molecule has 0 aromatic heterocycles. The van der Waals surface area contributed by atoms with Crippen molar-refractivity contribution in [1.29, 1.82) is 0 Å². The second kappa shape index (κ2) is 6.70. The van der Waals surface area contributed by atoms with Gasteiger partial charge in [0.15, 0.2) is 0 Å². The molecule has 1 aromatic rings. The van der Waals surface area contributed by atoms with Gasteiger partial charge in [-0.3, -0.25) is 4.79 Å². The van der Waals surface area contributed by atoms with Gasteiger partial charge in [0, 0.05) is 25.9 Å². The number of anilines is 1. The third-order valence-corrected chi connectivity index (χ3v) is 3.23. The Hall–Kier alpha value is -1.62. The molecule has 0 aliphatic heterocycles. The Morgan fingerprint density at radius 2 is 2.10 bits per heavy atom. The van der Waals surface area contributed by atoms with E-state index in [1.54, 1.807) is 14.0 Å². The highest BCUT2D eigenvalue weighted by Crippen LogP contribution is 2.20. The van der Waals surface area contributed by atoms with Gasteiger partial charge in [-0.25, -0.2) is 4.39 Å². The fraction of sp³-hybridized carbons (Fsp3) is 0.533. The lowest BCUT2D eigenvalue weighted by Crippen LogP contribution is -2.35. The van der Waals surface area contributed by atoms with E-state index in [0.29, 0.717) is 24.4 Å². The maximum Gasteiger partial charge on any atom is 0.254 e. The summed E-state index contributed by atoms with van der Waals surface area (Å²) in [6.45, 7) is 6.70. The van der Waals surface area contributed by atoms with E-state index in [1.807, 2.05) is 13.8 Å². The van der Waals surface area contributed by atoms with Crippen LogP contribution in [0.15, 0.2) is 12.1 Å². The zero-order valence-electron chi connectivity index (χ0n) is 12.5. The SMILES string of the molecule is COCCC(C)(C)CNC(=O)c1cc(N)cc(C)c1F. The Labute approximate surface area is 119 Å². The van der Waals surface area contributed by atoms with Crippen LogP contribution >= 0.6 is 0 Å². The molecule has 0 aliphatic carbocycles. The summed E-state index contributed by atoms with van der Waals surface area (Å²) in [4.78, 5) is 12.1. The molecule has 0 fully saturated rings. The van der Waals surface area contributed by atoms with Gasteiger partial charge < -0.3 is 15.8 Å². The first kappa shape index (κ1) is 16.4. The minimum absolute atomic E-state index is 0.00922. The number of carbonyl (C=O) groups is 1. The Bertz CT molecular complexity index is 487. The summed E-state index contributed by atoms with van der Waals surface area (Å²) >= 11 is 0. The highest BCUT2D eigenvalue weighted by molar-refractivity contribution is 5.95. The van der Waals surface area contributed by atoms with Crippen LogP contribution in [-0.4, -0.2) is 26.2 Å². The summed E-state index contributed by atoms with van der Waals surface area (Å²) < 4.78 is 18.9. The van der Waals surface area contributed by atoms with Crippen molar-refractivity contribution in [2.24, 2.45) is 5.41 Å². The lowest BCUT2D eigenvalue weighted by Gasteiger charge is -2.24. The first-order chi connectivity index (χ1) is 9.26. The Morgan fingerprint density at radius 3 is 2.70 bits per heavy atom. The molecule has 0 spiro atoms. The van der Waals surface area contributed by atoms with E-state index >= 15 is 0 Å². The number of halogens is 1. The minimum atomic E-state index is -0.522. The molecule has 0 saturated carbocycles. The van der Waals surface area contributed by atoms with Gasteiger partial charge in [-0.05, 0) is 36.5 Å². The van der Waals surface area contributed by atoms with Crippen LogP contribution in [0.25, 0.3) is 0 Å². The van der Waals surface area contributed by atoms with E-state index in [-0.39, 0.29) is 11.0 Å². The van der Waals surface area contributed by atoms with E-state index in [1.165, 1.54) is 12.1 Å². The van der Waals surface area contributed by atoms with Crippen molar-refractivity contribution in [2.45, 2.75) is 27.2 Å². The molecule has 0 saturated heterocycles. The largest absolute Gasteiger partial charge is 0.399 e. The van der Waals surface area contributed by atoms with Crippen molar-refractivity contribution in [3.8, 4) is 0 Å². The first-order valence-corrected chi connectivity index (χ1v) is 6.59. The van der Waals surface area contributed by atoms with Crippen molar-refractivity contribution in [3.05, 3.63) is 29.1 Å². The molecule has 0 unspecified atom stereocenters. The van der Waals surface area contributed by atoms with Gasteiger partial charge in [0.05, 0.1) is 5.56 Å². The number of nitrogens with one attached hydrogen (secondary N) is 1. The highest BCUT2D eigenvalue weighted by Gasteiger charge is 2.21. The minimum Gasteiger partial charge on any atom is -0.399 e. The molecule has 5 heteroatoms. The molecule has 0 atom stereocenters. The van der Waals surface area contributed by atoms with Crippen LogP contribution in [0.3, 0.4) is 0 Å². The summed E-state index contributed by atoms with van der Waals surface area (Å²) in [5.74, 6) is -0.963. The summed E-state index contributed by atoms with van der Waals surface area (Å²) in [6, 6.07) is 2.87. The van der Waals surface area contributed by atoms with Gasteiger partial charge in [-0.15, -0.1) is 0 Å². The molecule has 0 radical (unpaired) electrons. The van der Waals surface area contributed by atoms with Crippen molar-refractivity contribution in [3.63, 3.8) is 0 Å². The number of carbonyl (C=O) groups excluding carboxylic acids is 1. The van der Waals surface area contributed by atoms with Crippen LogP contribution in [0.2, 0.25) is 0 Å². The Morgan fingerprint density at radius 1 is 1.45 bits per heavy atom. The van der Waals surface area contributed by atoms with E-state index in [2.05, 4.69) is 5.32 Å². The number of nitrogen functional groups attached to an aromatic ring is 1. The van der Waals surface area contributed by atoms with Crippen LogP contribution in [0, 0.1) is 18.2 Å². The maximum atomic E-state index is 13.9. The monoisotopic (exact) mass is 282 g/mol. The van der Waals surface area contributed by atoms with E-state index in [9.17, 15) is 9.18 Å². The molecule has 0 aliphatic rings. The van der Waals surface area contributed by atoms with Crippen LogP contribution in [0.4, 0.5) is 10.1 Å². The number of rotatable bonds is 6. The van der Waals surface area contributed by atoms with Crippen LogP contribution in [0.5, 0.6) is 0 Å². The van der Waals surface area contributed by atoms with Gasteiger partial charge in [0.25, 0.3) is 5.91 Å². The first-order valence-electron chi connectivity index (χ1n) is 6.59. The number of amides is 1. The lowest BCUT2D eigenvalue weighted by molar-refractivity contribution is 0.0917. The van der Waals surface area contributed by atoms with Crippen molar-refractivity contribution in [1.82, 2.24) is 5.32 Å². The van der Waals surface area contributed by atoms with E-state index in [0.717, 1.165) is 6.42 Å². The fourth-order valence-corrected chi connectivity index (χ4v) is 1.84. The smallest absolute Gasteiger partial charge is 0.254 e. The zero-order valence-corrected chi connectivity index (χ0v) is 12.5. The molecule has 1 amide bonds. The van der Waals surface area contributed by atoms with E-state index in [4.69, 9.17) is 10.5 Å². The maximum absolute atomic E-state index is 13.9. The summed E-state index contributed by atoms with van der Waals surface area (Å²) in [6.07, 6.45) is 0.808. The highest BCUT2D eigenvalue weighted by atomic mass is 19.1. The summed E-state index contributed by atoms with van der Waals surface area (Å²) in [7, 11) is 1.64. The molecular formula is C15H23FN2O2. The van der Waals surface area contributed by atoms with Gasteiger partial charge in [-0.1, -0.05) is 13.8 Å². The molecule has 0 heterocycles.